The lowest BCUT2D eigenvalue weighted by atomic mass is 9.95. The number of piperidine rings is 1. The summed E-state index contributed by atoms with van der Waals surface area (Å²) in [4.78, 5) is 29.6. The number of unbranched alkanes of at least 4 members (excludes halogenated alkanes) is 1. The van der Waals surface area contributed by atoms with Crippen LogP contribution in [0.5, 0.6) is 0 Å². The summed E-state index contributed by atoms with van der Waals surface area (Å²) in [6, 6.07) is 6.22. The number of hydrogen-bond donors (Lipinski definition) is 0. The van der Waals surface area contributed by atoms with Crippen LogP contribution in [0.15, 0.2) is 24.3 Å². The van der Waals surface area contributed by atoms with E-state index in [4.69, 9.17) is 0 Å². The summed E-state index contributed by atoms with van der Waals surface area (Å²) in [6.45, 7) is 4.07. The monoisotopic (exact) mass is 426 g/mol. The first kappa shape index (κ1) is 21.5. The SMILES string of the molecule is CCCCN(C)C(=O)C1CCN(C(=O)c2nn(-c3ccc(F)cc3)c3c2CCC3)CC1. The number of amides is 2. The molecule has 1 aromatic heterocycles. The third-order valence-electron chi connectivity index (χ3n) is 6.56. The van der Waals surface area contributed by atoms with Crippen LogP contribution in [0.3, 0.4) is 0 Å². The maximum atomic E-state index is 13.3. The second-order valence-electron chi connectivity index (χ2n) is 8.70. The molecular formula is C24H31FN4O2. The Balaban J connectivity index is 1.46. The third-order valence-corrected chi connectivity index (χ3v) is 6.56. The van der Waals surface area contributed by atoms with Gasteiger partial charge in [-0.15, -0.1) is 0 Å². The molecule has 2 amide bonds. The highest BCUT2D eigenvalue weighted by Gasteiger charge is 2.33. The molecule has 0 N–H and O–H groups in total. The average molecular weight is 427 g/mol. The Morgan fingerprint density at radius 3 is 2.55 bits per heavy atom. The second-order valence-corrected chi connectivity index (χ2v) is 8.70. The predicted octanol–water partition coefficient (Wildman–Crippen LogP) is 3.61. The number of aromatic nitrogens is 2. The number of fused-ring (bicyclic) bond motifs is 1. The normalized spacial score (nSPS) is 16.4. The Morgan fingerprint density at radius 1 is 1.16 bits per heavy atom. The van der Waals surface area contributed by atoms with Gasteiger partial charge in [0, 0.05) is 43.9 Å². The molecule has 0 spiro atoms. The van der Waals surface area contributed by atoms with Crippen LogP contribution in [0.1, 0.15) is 60.8 Å². The van der Waals surface area contributed by atoms with Gasteiger partial charge in [-0.1, -0.05) is 13.3 Å². The van der Waals surface area contributed by atoms with E-state index in [1.165, 1.54) is 12.1 Å². The fourth-order valence-corrected chi connectivity index (χ4v) is 4.70. The minimum Gasteiger partial charge on any atom is -0.346 e. The summed E-state index contributed by atoms with van der Waals surface area (Å²) in [7, 11) is 1.88. The predicted molar refractivity (Wildman–Crippen MR) is 117 cm³/mol. The van der Waals surface area contributed by atoms with E-state index in [0.717, 1.165) is 55.6 Å². The van der Waals surface area contributed by atoms with E-state index in [2.05, 4.69) is 12.0 Å². The van der Waals surface area contributed by atoms with Crippen molar-refractivity contribution in [2.75, 3.05) is 26.7 Å². The summed E-state index contributed by atoms with van der Waals surface area (Å²) >= 11 is 0. The molecule has 0 saturated carbocycles. The van der Waals surface area contributed by atoms with Crippen molar-refractivity contribution in [3.8, 4) is 5.69 Å². The van der Waals surface area contributed by atoms with Gasteiger partial charge in [-0.2, -0.15) is 5.10 Å². The Labute approximate surface area is 183 Å². The molecule has 0 radical (unpaired) electrons. The summed E-state index contributed by atoms with van der Waals surface area (Å²) in [5.74, 6) is -0.152. The van der Waals surface area contributed by atoms with Crippen LogP contribution >= 0.6 is 0 Å². The molecule has 1 aliphatic heterocycles. The minimum atomic E-state index is -0.290. The van der Waals surface area contributed by atoms with Gasteiger partial charge in [0.15, 0.2) is 5.69 Å². The lowest BCUT2D eigenvalue weighted by Crippen LogP contribution is -2.44. The van der Waals surface area contributed by atoms with Crippen molar-refractivity contribution in [1.82, 2.24) is 19.6 Å². The van der Waals surface area contributed by atoms with Gasteiger partial charge in [0.1, 0.15) is 5.82 Å². The van der Waals surface area contributed by atoms with Crippen molar-refractivity contribution in [3.05, 3.63) is 47.0 Å². The molecule has 1 aromatic carbocycles. The van der Waals surface area contributed by atoms with Crippen molar-refractivity contribution in [3.63, 3.8) is 0 Å². The Kier molecular flexibility index (Phi) is 6.39. The van der Waals surface area contributed by atoms with Crippen molar-refractivity contribution < 1.29 is 14.0 Å². The molecule has 6 nitrogen and oxygen atoms in total. The molecule has 1 fully saturated rings. The highest BCUT2D eigenvalue weighted by atomic mass is 19.1. The molecule has 0 unspecified atom stereocenters. The Morgan fingerprint density at radius 2 is 1.87 bits per heavy atom. The fourth-order valence-electron chi connectivity index (χ4n) is 4.70. The minimum absolute atomic E-state index is 0.00612. The molecule has 2 aromatic rings. The van der Waals surface area contributed by atoms with Gasteiger partial charge < -0.3 is 9.80 Å². The largest absolute Gasteiger partial charge is 0.346 e. The van der Waals surface area contributed by atoms with Gasteiger partial charge >= 0.3 is 0 Å². The maximum Gasteiger partial charge on any atom is 0.274 e. The molecule has 0 bridgehead atoms. The van der Waals surface area contributed by atoms with E-state index in [9.17, 15) is 14.0 Å². The number of rotatable bonds is 6. The second kappa shape index (κ2) is 9.20. The average Bonchev–Trinajstić information content (AvgIpc) is 3.40. The molecule has 31 heavy (non-hydrogen) atoms. The zero-order chi connectivity index (χ0) is 22.0. The van der Waals surface area contributed by atoms with E-state index in [0.29, 0.717) is 31.6 Å². The number of nitrogens with zero attached hydrogens (tertiary/aromatic N) is 4. The van der Waals surface area contributed by atoms with Crippen molar-refractivity contribution in [2.45, 2.75) is 51.9 Å². The zero-order valence-electron chi connectivity index (χ0n) is 18.4. The van der Waals surface area contributed by atoms with Gasteiger partial charge in [0.05, 0.1) is 5.69 Å². The third kappa shape index (κ3) is 4.36. The van der Waals surface area contributed by atoms with Crippen molar-refractivity contribution in [1.29, 1.82) is 0 Å². The van der Waals surface area contributed by atoms with Crippen LogP contribution in [0, 0.1) is 11.7 Å². The Hall–Kier alpha value is -2.70. The van der Waals surface area contributed by atoms with Crippen LogP contribution in [-0.4, -0.2) is 58.1 Å². The summed E-state index contributed by atoms with van der Waals surface area (Å²) in [5.41, 5.74) is 3.36. The first-order valence-corrected chi connectivity index (χ1v) is 11.4. The lowest BCUT2D eigenvalue weighted by Gasteiger charge is -2.33. The van der Waals surface area contributed by atoms with E-state index in [1.54, 1.807) is 16.8 Å². The molecule has 7 heteroatoms. The van der Waals surface area contributed by atoms with Crippen LogP contribution in [0.4, 0.5) is 4.39 Å². The summed E-state index contributed by atoms with van der Waals surface area (Å²) in [6.07, 6.45) is 6.18. The highest BCUT2D eigenvalue weighted by Crippen LogP contribution is 2.30. The first-order chi connectivity index (χ1) is 15.0. The number of benzene rings is 1. The van der Waals surface area contributed by atoms with Gasteiger partial charge in [-0.3, -0.25) is 9.59 Å². The lowest BCUT2D eigenvalue weighted by molar-refractivity contribution is -0.135. The molecule has 166 valence electrons. The van der Waals surface area contributed by atoms with Crippen LogP contribution in [-0.2, 0) is 17.6 Å². The molecular weight excluding hydrogens is 395 g/mol. The Bertz CT molecular complexity index is 945. The van der Waals surface area contributed by atoms with Crippen molar-refractivity contribution in [2.24, 2.45) is 5.92 Å². The van der Waals surface area contributed by atoms with Gasteiger partial charge in [0.2, 0.25) is 5.91 Å². The van der Waals surface area contributed by atoms with Crippen LogP contribution < -0.4 is 0 Å². The topological polar surface area (TPSA) is 58.4 Å². The summed E-state index contributed by atoms with van der Waals surface area (Å²) in [5, 5.41) is 4.65. The molecule has 4 rings (SSSR count). The number of likely N-dealkylation sites (tertiary alicyclic amines) is 1. The van der Waals surface area contributed by atoms with Gasteiger partial charge in [0.25, 0.3) is 5.91 Å². The van der Waals surface area contributed by atoms with E-state index < -0.39 is 0 Å². The molecule has 0 atom stereocenters. The van der Waals surface area contributed by atoms with Gasteiger partial charge in [-0.05, 0) is 62.8 Å². The number of carbonyl (C=O) groups excluding carboxylic acids is 2. The molecule has 1 aliphatic carbocycles. The standard InChI is InChI=1S/C24H31FN4O2/c1-3-4-14-27(2)23(30)17-12-15-28(16-13-17)24(31)22-20-6-5-7-21(20)29(26-22)19-10-8-18(25)9-11-19/h8-11,17H,3-7,12-16H2,1-2H3. The number of carbonyl (C=O) groups is 2. The quantitative estimate of drug-likeness (QED) is 0.709. The van der Waals surface area contributed by atoms with E-state index in [1.807, 2.05) is 16.8 Å². The van der Waals surface area contributed by atoms with Crippen LogP contribution in [0.25, 0.3) is 5.69 Å². The highest BCUT2D eigenvalue weighted by molar-refractivity contribution is 5.94. The first-order valence-electron chi connectivity index (χ1n) is 11.4. The van der Waals surface area contributed by atoms with Crippen molar-refractivity contribution >= 4 is 11.8 Å². The molecule has 1 saturated heterocycles. The number of hydrogen-bond acceptors (Lipinski definition) is 3. The molecule has 2 heterocycles. The maximum absolute atomic E-state index is 13.3. The van der Waals surface area contributed by atoms with Crippen LogP contribution in [0.2, 0.25) is 0 Å². The summed E-state index contributed by atoms with van der Waals surface area (Å²) < 4.78 is 15.1. The van der Waals surface area contributed by atoms with Gasteiger partial charge in [-0.25, -0.2) is 9.07 Å². The fraction of sp³-hybridized carbons (Fsp3) is 0.542. The zero-order valence-corrected chi connectivity index (χ0v) is 18.4. The molecule has 2 aliphatic rings. The number of halogens is 1. The van der Waals surface area contributed by atoms with E-state index in [-0.39, 0.29) is 23.5 Å². The smallest absolute Gasteiger partial charge is 0.274 e. The van der Waals surface area contributed by atoms with E-state index >= 15 is 0 Å².